The van der Waals surface area contributed by atoms with E-state index in [0.29, 0.717) is 0 Å². The molecule has 0 fully saturated rings. The molecule has 0 aromatic heterocycles. The summed E-state index contributed by atoms with van der Waals surface area (Å²) < 4.78 is 0. The van der Waals surface area contributed by atoms with Gasteiger partial charge < -0.3 is 9.80 Å². The summed E-state index contributed by atoms with van der Waals surface area (Å²) in [5.74, 6) is 0. The molecular weight excluding hydrogens is 412 g/mol. The van der Waals surface area contributed by atoms with Gasteiger partial charge in [0, 0.05) is 0 Å². The zero-order chi connectivity index (χ0) is 25.0. The van der Waals surface area contributed by atoms with E-state index in [1.807, 2.05) is 0 Å². The predicted molar refractivity (Wildman–Crippen MR) is 157 cm³/mol. The third-order valence-corrected chi connectivity index (χ3v) is 7.62. The smallest absolute Gasteiger partial charge is 0.00218 e. The fourth-order valence-corrected chi connectivity index (χ4v) is 5.08. The van der Waals surface area contributed by atoms with Crippen molar-refractivity contribution in [3.05, 3.63) is 0 Å². The van der Waals surface area contributed by atoms with E-state index in [1.54, 1.807) is 0 Å². The highest BCUT2D eigenvalue weighted by Gasteiger charge is 2.01. The molecule has 2 nitrogen and oxygen atoms in total. The normalized spacial score (nSPS) is 11.8. The fourth-order valence-electron chi connectivity index (χ4n) is 5.08. The highest BCUT2D eigenvalue weighted by atomic mass is 15.1. The van der Waals surface area contributed by atoms with Crippen LogP contribution in [0.5, 0.6) is 0 Å². The molecule has 0 aromatic carbocycles. The van der Waals surface area contributed by atoms with Crippen LogP contribution >= 0.6 is 0 Å². The lowest BCUT2D eigenvalue weighted by atomic mass is 10.1. The molecule has 0 spiro atoms. The van der Waals surface area contributed by atoms with Crippen LogP contribution in [-0.4, -0.2) is 50.1 Å². The van der Waals surface area contributed by atoms with Crippen molar-refractivity contribution < 1.29 is 0 Å². The molecule has 0 aliphatic carbocycles. The number of hydrogen-bond donors (Lipinski definition) is 0. The Kier molecular flexibility index (Phi) is 29.1. The second-order valence-corrected chi connectivity index (χ2v) is 11.4. The monoisotopic (exact) mass is 481 g/mol. The fraction of sp³-hybridized carbons (Fsp3) is 1.00. The summed E-state index contributed by atoms with van der Waals surface area (Å²) >= 11 is 0. The molecule has 0 atom stereocenters. The van der Waals surface area contributed by atoms with Crippen molar-refractivity contribution >= 4 is 0 Å². The van der Waals surface area contributed by atoms with Crippen LogP contribution in [-0.2, 0) is 0 Å². The summed E-state index contributed by atoms with van der Waals surface area (Å²) in [4.78, 5) is 5.14. The lowest BCUT2D eigenvalue weighted by Crippen LogP contribution is -2.22. The summed E-state index contributed by atoms with van der Waals surface area (Å²) in [6, 6.07) is 0. The molecule has 0 rings (SSSR count). The molecule has 0 saturated carbocycles. The van der Waals surface area contributed by atoms with Crippen LogP contribution < -0.4 is 0 Å². The van der Waals surface area contributed by atoms with Crippen molar-refractivity contribution in [3.63, 3.8) is 0 Å². The van der Waals surface area contributed by atoms with Gasteiger partial charge in [0.05, 0.1) is 0 Å². The van der Waals surface area contributed by atoms with Gasteiger partial charge in [0.25, 0.3) is 0 Å². The van der Waals surface area contributed by atoms with Gasteiger partial charge in [-0.2, -0.15) is 0 Å². The van der Waals surface area contributed by atoms with Crippen LogP contribution in [0.25, 0.3) is 0 Å². The van der Waals surface area contributed by atoms with Gasteiger partial charge >= 0.3 is 0 Å². The Labute approximate surface area is 218 Å². The van der Waals surface area contributed by atoms with Gasteiger partial charge in [0.1, 0.15) is 0 Å². The maximum Gasteiger partial charge on any atom is -0.00218 e. The molecule has 0 saturated heterocycles. The topological polar surface area (TPSA) is 6.48 Å². The first-order chi connectivity index (χ1) is 16.7. The van der Waals surface area contributed by atoms with Crippen LogP contribution in [0.2, 0.25) is 0 Å². The van der Waals surface area contributed by atoms with Gasteiger partial charge in [-0.05, 0) is 66.0 Å². The minimum atomic E-state index is 1.30. The summed E-state index contributed by atoms with van der Waals surface area (Å²) in [5, 5.41) is 0. The Morgan fingerprint density at radius 1 is 0.265 bits per heavy atom. The number of hydrogen-bond acceptors (Lipinski definition) is 2. The summed E-state index contributed by atoms with van der Waals surface area (Å²) in [5.41, 5.74) is 0. The van der Waals surface area contributed by atoms with Crippen LogP contribution in [0.4, 0.5) is 0 Å². The Balaban J connectivity index is 3.25. The highest BCUT2D eigenvalue weighted by Crippen LogP contribution is 2.12. The molecule has 0 aliphatic rings. The maximum atomic E-state index is 2.57. The summed E-state index contributed by atoms with van der Waals surface area (Å²) in [7, 11) is 4.65. The standard InChI is InChI=1S/C32H68N2/c1-5-7-9-11-13-15-17-19-21-25-29-33(3)31-27-23-24-28-32-34(4)30-26-22-20-18-16-14-12-10-8-6-2/h5-32H2,1-4H3. The van der Waals surface area contributed by atoms with Crippen LogP contribution in [0, 0.1) is 0 Å². The Morgan fingerprint density at radius 3 is 0.647 bits per heavy atom. The van der Waals surface area contributed by atoms with Gasteiger partial charge in [-0.3, -0.25) is 0 Å². The van der Waals surface area contributed by atoms with E-state index in [1.165, 1.54) is 180 Å². The van der Waals surface area contributed by atoms with Crippen molar-refractivity contribution in [2.24, 2.45) is 0 Å². The third kappa shape index (κ3) is 28.2. The van der Waals surface area contributed by atoms with Crippen LogP contribution in [0.15, 0.2) is 0 Å². The molecule has 206 valence electrons. The Hall–Kier alpha value is -0.0800. The van der Waals surface area contributed by atoms with Crippen molar-refractivity contribution in [2.75, 3.05) is 40.3 Å². The molecular formula is C32H68N2. The average Bonchev–Trinajstić information content (AvgIpc) is 2.83. The predicted octanol–water partition coefficient (Wildman–Crippen LogP) is 10.3. The van der Waals surface area contributed by atoms with E-state index in [2.05, 4.69) is 37.7 Å². The zero-order valence-corrected chi connectivity index (χ0v) is 24.7. The van der Waals surface area contributed by atoms with Gasteiger partial charge in [-0.25, -0.2) is 0 Å². The highest BCUT2D eigenvalue weighted by molar-refractivity contribution is 4.57. The lowest BCUT2D eigenvalue weighted by Gasteiger charge is -2.17. The molecule has 2 heteroatoms. The van der Waals surface area contributed by atoms with Gasteiger partial charge in [-0.15, -0.1) is 0 Å². The molecule has 0 bridgehead atoms. The molecule has 34 heavy (non-hydrogen) atoms. The van der Waals surface area contributed by atoms with Gasteiger partial charge in [0.2, 0.25) is 0 Å². The van der Waals surface area contributed by atoms with Crippen molar-refractivity contribution in [1.82, 2.24) is 9.80 Å². The molecule has 0 aliphatic heterocycles. The summed E-state index contributed by atoms with van der Waals surface area (Å²) in [6.45, 7) is 9.81. The average molecular weight is 481 g/mol. The van der Waals surface area contributed by atoms with Gasteiger partial charge in [0.15, 0.2) is 0 Å². The third-order valence-electron chi connectivity index (χ3n) is 7.62. The molecule has 0 unspecified atom stereocenters. The maximum absolute atomic E-state index is 2.57. The van der Waals surface area contributed by atoms with E-state index < -0.39 is 0 Å². The van der Waals surface area contributed by atoms with Crippen molar-refractivity contribution in [1.29, 1.82) is 0 Å². The van der Waals surface area contributed by atoms with E-state index >= 15 is 0 Å². The first-order valence-corrected chi connectivity index (χ1v) is 16.1. The Morgan fingerprint density at radius 2 is 0.441 bits per heavy atom. The number of rotatable bonds is 29. The minimum absolute atomic E-state index is 1.30. The molecule has 0 amide bonds. The van der Waals surface area contributed by atoms with E-state index in [4.69, 9.17) is 0 Å². The SMILES string of the molecule is CCCCCCCCCCCCN(C)CCCCCCN(C)CCCCCCCCCCCC. The lowest BCUT2D eigenvalue weighted by molar-refractivity contribution is 0.301. The van der Waals surface area contributed by atoms with E-state index in [-0.39, 0.29) is 0 Å². The second kappa shape index (κ2) is 29.2. The van der Waals surface area contributed by atoms with E-state index in [9.17, 15) is 0 Å². The second-order valence-electron chi connectivity index (χ2n) is 11.4. The minimum Gasteiger partial charge on any atom is -0.306 e. The quantitative estimate of drug-likeness (QED) is 0.0982. The van der Waals surface area contributed by atoms with Crippen LogP contribution in [0.3, 0.4) is 0 Å². The number of unbranched alkanes of at least 4 members (excludes halogenated alkanes) is 21. The molecule has 0 heterocycles. The van der Waals surface area contributed by atoms with Crippen molar-refractivity contribution in [3.8, 4) is 0 Å². The summed E-state index contributed by atoms with van der Waals surface area (Å²) in [6.07, 6.45) is 34.4. The van der Waals surface area contributed by atoms with Crippen LogP contribution in [0.1, 0.15) is 168 Å². The van der Waals surface area contributed by atoms with E-state index in [0.717, 1.165) is 0 Å². The first kappa shape index (κ1) is 33.9. The zero-order valence-electron chi connectivity index (χ0n) is 24.7. The first-order valence-electron chi connectivity index (χ1n) is 16.1. The molecule has 0 aromatic rings. The molecule has 0 N–H and O–H groups in total. The molecule has 0 radical (unpaired) electrons. The Bertz CT molecular complexity index is 323. The van der Waals surface area contributed by atoms with Crippen molar-refractivity contribution in [2.45, 2.75) is 168 Å². The van der Waals surface area contributed by atoms with Gasteiger partial charge in [-0.1, -0.05) is 142 Å². The number of nitrogens with zero attached hydrogens (tertiary/aromatic N) is 2. The largest absolute Gasteiger partial charge is 0.306 e.